The van der Waals surface area contributed by atoms with E-state index >= 15 is 0 Å². The molecule has 4 unspecified atom stereocenters. The van der Waals surface area contributed by atoms with E-state index in [1.165, 1.54) is 14.2 Å². The van der Waals surface area contributed by atoms with E-state index in [2.05, 4.69) is 19.2 Å². The summed E-state index contributed by atoms with van der Waals surface area (Å²) in [4.78, 5) is 24.3. The molecule has 0 saturated carbocycles. The lowest BCUT2D eigenvalue weighted by Gasteiger charge is -2.36. The number of carbonyl (C=O) groups excluding carboxylic acids is 2. The Morgan fingerprint density at radius 3 is 2.22 bits per heavy atom. The number of carbonyl (C=O) groups is 2. The first-order valence-corrected chi connectivity index (χ1v) is 8.48. The number of esters is 2. The van der Waals surface area contributed by atoms with Crippen molar-refractivity contribution in [2.24, 2.45) is 5.92 Å². The van der Waals surface area contributed by atoms with Crippen LogP contribution in [-0.2, 0) is 19.1 Å². The van der Waals surface area contributed by atoms with Crippen LogP contribution in [0.25, 0.3) is 0 Å². The Labute approximate surface area is 138 Å². The molecule has 2 N–H and O–H groups in total. The molecule has 1 aliphatic heterocycles. The molecule has 1 heterocycles. The molecule has 0 amide bonds. The van der Waals surface area contributed by atoms with Gasteiger partial charge in [0.15, 0.2) is 6.04 Å². The maximum atomic E-state index is 12.1. The van der Waals surface area contributed by atoms with E-state index in [4.69, 9.17) is 9.47 Å². The maximum absolute atomic E-state index is 12.1. The van der Waals surface area contributed by atoms with Crippen molar-refractivity contribution in [1.29, 1.82) is 0 Å². The minimum absolute atomic E-state index is 0.201. The summed E-state index contributed by atoms with van der Waals surface area (Å²) in [5.41, 5.74) is 0. The highest BCUT2D eigenvalue weighted by Crippen LogP contribution is 2.33. The van der Waals surface area contributed by atoms with E-state index in [0.29, 0.717) is 0 Å². The normalized spacial score (nSPS) is 27.6. The molecule has 0 radical (unpaired) electrons. The van der Waals surface area contributed by atoms with Crippen molar-refractivity contribution < 1.29 is 24.2 Å². The van der Waals surface area contributed by atoms with Gasteiger partial charge in [0.1, 0.15) is 5.92 Å². The molecule has 4 atom stereocenters. The summed E-state index contributed by atoms with van der Waals surface area (Å²) in [5, 5.41) is 14.1. The Hall–Kier alpha value is -1.27. The van der Waals surface area contributed by atoms with Crippen LogP contribution >= 0.6 is 0 Å². The highest BCUT2D eigenvalue weighted by Gasteiger charge is 2.59. The van der Waals surface area contributed by atoms with Gasteiger partial charge in [-0.1, -0.05) is 33.1 Å². The molecule has 23 heavy (non-hydrogen) atoms. The number of nitrogens with one attached hydrogen (secondary N) is 1. The lowest BCUT2D eigenvalue weighted by Crippen LogP contribution is -2.62. The number of ether oxygens (including phenoxy) is 2. The monoisotopic (exact) mass is 328 g/mol. The third-order valence-corrected chi connectivity index (χ3v) is 4.49. The lowest BCUT2D eigenvalue weighted by atomic mass is 9.74. The zero-order valence-corrected chi connectivity index (χ0v) is 14.6. The predicted octanol–water partition coefficient (Wildman–Crippen LogP) is 1.60. The molecule has 0 aromatic carbocycles. The van der Waals surface area contributed by atoms with Gasteiger partial charge in [0.25, 0.3) is 5.92 Å². The summed E-state index contributed by atoms with van der Waals surface area (Å²) in [6.45, 7) is 4.15. The molecule has 6 heteroatoms. The van der Waals surface area contributed by atoms with Crippen LogP contribution in [0.2, 0.25) is 0 Å². The standard InChI is InChI=1S/C17H30NO5/c1-5-7-9-11-13(16(20)22-3)15(19)14(17(21)23-4)12(18-11)10-8-6-2/h11-13,15,18-19H,5-10H2,1-4H3/q+1. The zero-order chi connectivity index (χ0) is 17.4. The Bertz CT molecular complexity index is 353. The number of aliphatic hydroxyl groups excluding tert-OH is 1. The van der Waals surface area contributed by atoms with Gasteiger partial charge in [0.2, 0.25) is 6.10 Å². The van der Waals surface area contributed by atoms with Gasteiger partial charge in [0, 0.05) is 12.5 Å². The van der Waals surface area contributed by atoms with Gasteiger partial charge in [-0.25, -0.2) is 0 Å². The van der Waals surface area contributed by atoms with Crippen LogP contribution in [-0.4, -0.2) is 49.5 Å². The van der Waals surface area contributed by atoms with E-state index in [9.17, 15) is 14.7 Å². The minimum atomic E-state index is -1.17. The maximum Gasteiger partial charge on any atom is 0.503 e. The van der Waals surface area contributed by atoms with Gasteiger partial charge < -0.3 is 14.6 Å². The minimum Gasteiger partial charge on any atom is -0.469 e. The molecule has 0 aromatic rings. The number of rotatable bonds is 8. The van der Waals surface area contributed by atoms with E-state index in [-0.39, 0.29) is 18.0 Å². The fourth-order valence-corrected chi connectivity index (χ4v) is 3.22. The Morgan fingerprint density at radius 1 is 1.09 bits per heavy atom. The van der Waals surface area contributed by atoms with E-state index in [1.54, 1.807) is 0 Å². The molecular formula is C17H30NO5+. The second-order valence-electron chi connectivity index (χ2n) is 6.05. The largest absolute Gasteiger partial charge is 0.503 e. The molecule has 0 aromatic heterocycles. The number of aliphatic hydroxyl groups is 1. The quantitative estimate of drug-likeness (QED) is 0.520. The van der Waals surface area contributed by atoms with Crippen LogP contribution in [0.5, 0.6) is 0 Å². The topological polar surface area (TPSA) is 84.9 Å². The Morgan fingerprint density at radius 2 is 1.70 bits per heavy atom. The van der Waals surface area contributed by atoms with Gasteiger partial charge in [-0.3, -0.25) is 10.1 Å². The van der Waals surface area contributed by atoms with E-state index in [1.807, 2.05) is 0 Å². The van der Waals surface area contributed by atoms with E-state index in [0.717, 1.165) is 38.5 Å². The fourth-order valence-electron chi connectivity index (χ4n) is 3.22. The first-order valence-electron chi connectivity index (χ1n) is 8.48. The lowest BCUT2D eigenvalue weighted by molar-refractivity contribution is -0.155. The van der Waals surface area contributed by atoms with Crippen molar-refractivity contribution in [2.75, 3.05) is 14.2 Å². The third kappa shape index (κ3) is 4.85. The molecule has 0 spiro atoms. The molecule has 1 rings (SSSR count). The van der Waals surface area contributed by atoms with Crippen molar-refractivity contribution in [2.45, 2.75) is 70.6 Å². The van der Waals surface area contributed by atoms with Crippen molar-refractivity contribution in [1.82, 2.24) is 5.32 Å². The Balaban J connectivity index is 3.04. The molecular weight excluding hydrogens is 298 g/mol. The van der Waals surface area contributed by atoms with Crippen LogP contribution in [0.1, 0.15) is 52.4 Å². The summed E-state index contributed by atoms with van der Waals surface area (Å²) < 4.78 is 9.66. The highest BCUT2D eigenvalue weighted by molar-refractivity contribution is 5.89. The van der Waals surface area contributed by atoms with Crippen LogP contribution in [0.4, 0.5) is 0 Å². The summed E-state index contributed by atoms with van der Waals surface area (Å²) in [6, 6.07) is -0.465. The summed E-state index contributed by atoms with van der Waals surface area (Å²) in [6.07, 6.45) is 4.16. The van der Waals surface area contributed by atoms with Gasteiger partial charge in [-0.2, -0.15) is 4.79 Å². The second kappa shape index (κ2) is 9.78. The first kappa shape index (κ1) is 19.8. The van der Waals surface area contributed by atoms with Crippen LogP contribution in [0, 0.1) is 11.8 Å². The van der Waals surface area contributed by atoms with Gasteiger partial charge in [0.05, 0.1) is 14.2 Å². The predicted molar refractivity (Wildman–Crippen MR) is 86.5 cm³/mol. The summed E-state index contributed by atoms with van der Waals surface area (Å²) in [5.74, 6) is -1.60. The number of piperidine rings is 1. The first-order chi connectivity index (χ1) is 11.0. The number of methoxy groups -OCH3 is 2. The molecule has 1 fully saturated rings. The fraction of sp³-hybridized carbons (Fsp3) is 0.824. The summed E-state index contributed by atoms with van der Waals surface area (Å²) >= 11 is 0. The van der Waals surface area contributed by atoms with Crippen molar-refractivity contribution in [3.63, 3.8) is 0 Å². The molecule has 0 bridgehead atoms. The average Bonchev–Trinajstić information content (AvgIpc) is 2.56. The van der Waals surface area contributed by atoms with Crippen LogP contribution < -0.4 is 5.32 Å². The smallest absolute Gasteiger partial charge is 0.469 e. The average molecular weight is 328 g/mol. The van der Waals surface area contributed by atoms with Crippen LogP contribution in [0.15, 0.2) is 0 Å². The van der Waals surface area contributed by atoms with Gasteiger partial charge in [-0.15, -0.1) is 0 Å². The highest BCUT2D eigenvalue weighted by atomic mass is 16.5. The molecule has 132 valence electrons. The van der Waals surface area contributed by atoms with Gasteiger partial charge in [-0.05, 0) is 12.8 Å². The molecule has 0 aliphatic carbocycles. The van der Waals surface area contributed by atoms with Crippen LogP contribution in [0.3, 0.4) is 0 Å². The third-order valence-electron chi connectivity index (χ3n) is 4.49. The van der Waals surface area contributed by atoms with Crippen molar-refractivity contribution >= 4 is 11.9 Å². The number of hydrogen-bond donors (Lipinski definition) is 2. The number of unbranched alkanes of at least 4 members (excludes halogenated alkanes) is 2. The van der Waals surface area contributed by atoms with Crippen molar-refractivity contribution in [3.05, 3.63) is 5.92 Å². The van der Waals surface area contributed by atoms with E-state index < -0.39 is 24.0 Å². The SMILES string of the molecule is CCCCC1NC(CCCC)C(C(=O)OC)C(O)[C+]1C(=O)OC. The molecule has 1 saturated heterocycles. The van der Waals surface area contributed by atoms with Gasteiger partial charge >= 0.3 is 11.9 Å². The van der Waals surface area contributed by atoms with Crippen molar-refractivity contribution in [3.8, 4) is 0 Å². The summed E-state index contributed by atoms with van der Waals surface area (Å²) in [7, 11) is 2.59. The number of hydrogen-bond acceptors (Lipinski definition) is 6. The second-order valence-corrected chi connectivity index (χ2v) is 6.05. The Kier molecular flexibility index (Phi) is 8.41. The molecule has 6 nitrogen and oxygen atoms in total. The zero-order valence-electron chi connectivity index (χ0n) is 14.6. The molecule has 1 aliphatic rings.